The molecule has 4 nitrogen and oxygen atoms in total. The quantitative estimate of drug-likeness (QED) is 0.896. The van der Waals surface area contributed by atoms with Crippen LogP contribution in [0.3, 0.4) is 0 Å². The van der Waals surface area contributed by atoms with E-state index in [-0.39, 0.29) is 11.9 Å². The molecule has 0 saturated heterocycles. The molecule has 0 aliphatic heterocycles. The molecule has 22 heavy (non-hydrogen) atoms. The molecule has 0 radical (unpaired) electrons. The van der Waals surface area contributed by atoms with Crippen molar-refractivity contribution >= 4 is 21.8 Å². The number of carbonyl (C=O) groups excluding carboxylic acids is 1. The Morgan fingerprint density at radius 3 is 2.86 bits per heavy atom. The van der Waals surface area contributed by atoms with E-state index in [9.17, 15) is 4.79 Å². The van der Waals surface area contributed by atoms with Gasteiger partial charge in [-0.05, 0) is 37.0 Å². The average Bonchev–Trinajstić information content (AvgIpc) is 3.16. The molecule has 1 aliphatic carbocycles. The Hall–Kier alpha value is -1.62. The minimum atomic E-state index is 0.143. The lowest BCUT2D eigenvalue weighted by Gasteiger charge is -2.17. The van der Waals surface area contributed by atoms with Crippen LogP contribution in [-0.2, 0) is 4.79 Å². The lowest BCUT2D eigenvalue weighted by atomic mass is 10.1. The molecule has 0 spiro atoms. The number of amides is 1. The second-order valence-electron chi connectivity index (χ2n) is 5.78. The molecule has 2 atom stereocenters. The number of hydrogen-bond acceptors (Lipinski definition) is 2. The maximum Gasteiger partial charge on any atom is 0.219 e. The molecule has 0 bridgehead atoms. The number of benzene rings is 1. The molecule has 5 heteroatoms. The topological polar surface area (TPSA) is 46.9 Å². The van der Waals surface area contributed by atoms with Crippen LogP contribution in [0.1, 0.15) is 38.6 Å². The SMILES string of the molecule is CCC(=O)N[C@H]1CC[C@@H](n2cncc2-c2ccc(Br)cc2)C1. The van der Waals surface area contributed by atoms with E-state index in [0.717, 1.165) is 29.4 Å². The Morgan fingerprint density at radius 2 is 2.14 bits per heavy atom. The Labute approximate surface area is 139 Å². The first-order valence-corrected chi connectivity index (χ1v) is 8.53. The van der Waals surface area contributed by atoms with E-state index >= 15 is 0 Å². The highest BCUT2D eigenvalue weighted by atomic mass is 79.9. The number of nitrogens with one attached hydrogen (secondary N) is 1. The first-order valence-electron chi connectivity index (χ1n) is 7.74. The van der Waals surface area contributed by atoms with Gasteiger partial charge in [0.2, 0.25) is 5.91 Å². The number of nitrogens with zero attached hydrogens (tertiary/aromatic N) is 2. The third-order valence-corrected chi connectivity index (χ3v) is 4.82. The van der Waals surface area contributed by atoms with Crippen LogP contribution in [-0.4, -0.2) is 21.5 Å². The predicted octanol–water partition coefficient (Wildman–Crippen LogP) is 3.93. The van der Waals surface area contributed by atoms with Crippen molar-refractivity contribution in [2.75, 3.05) is 0 Å². The fourth-order valence-corrected chi connectivity index (χ4v) is 3.38. The van der Waals surface area contributed by atoms with Crippen LogP contribution in [0.2, 0.25) is 0 Å². The van der Waals surface area contributed by atoms with Crippen LogP contribution in [0.15, 0.2) is 41.3 Å². The summed E-state index contributed by atoms with van der Waals surface area (Å²) in [4.78, 5) is 15.9. The Morgan fingerprint density at radius 1 is 1.36 bits per heavy atom. The van der Waals surface area contributed by atoms with Gasteiger partial charge in [0.05, 0.1) is 18.2 Å². The number of rotatable bonds is 4. The van der Waals surface area contributed by atoms with Gasteiger partial charge >= 0.3 is 0 Å². The summed E-state index contributed by atoms with van der Waals surface area (Å²) in [6, 6.07) is 8.99. The third-order valence-electron chi connectivity index (χ3n) is 4.29. The van der Waals surface area contributed by atoms with Crippen LogP contribution in [0.25, 0.3) is 11.3 Å². The molecule has 1 heterocycles. The molecular weight excluding hydrogens is 342 g/mol. The number of aromatic nitrogens is 2. The van der Waals surface area contributed by atoms with E-state index in [1.807, 2.05) is 31.6 Å². The van der Waals surface area contributed by atoms with Crippen LogP contribution in [0, 0.1) is 0 Å². The number of imidazole rings is 1. The highest BCUT2D eigenvalue weighted by molar-refractivity contribution is 9.10. The average molecular weight is 362 g/mol. The predicted molar refractivity (Wildman–Crippen MR) is 90.5 cm³/mol. The minimum Gasteiger partial charge on any atom is -0.353 e. The fourth-order valence-electron chi connectivity index (χ4n) is 3.11. The van der Waals surface area contributed by atoms with Gasteiger partial charge in [0.25, 0.3) is 0 Å². The smallest absolute Gasteiger partial charge is 0.219 e. The zero-order valence-corrected chi connectivity index (χ0v) is 14.2. The van der Waals surface area contributed by atoms with Crippen LogP contribution < -0.4 is 5.32 Å². The van der Waals surface area contributed by atoms with E-state index in [1.165, 1.54) is 5.56 Å². The fraction of sp³-hybridized carbons (Fsp3) is 0.412. The Bertz CT molecular complexity index is 650. The number of halogens is 1. The summed E-state index contributed by atoms with van der Waals surface area (Å²) in [6.07, 6.45) is 7.47. The van der Waals surface area contributed by atoms with Gasteiger partial charge in [-0.25, -0.2) is 4.98 Å². The number of carbonyl (C=O) groups is 1. The van der Waals surface area contributed by atoms with Crippen molar-refractivity contribution in [2.45, 2.75) is 44.7 Å². The summed E-state index contributed by atoms with van der Waals surface area (Å²) in [5.41, 5.74) is 2.31. The normalized spacial score (nSPS) is 21.0. The van der Waals surface area contributed by atoms with Crippen molar-refractivity contribution in [3.63, 3.8) is 0 Å². The first-order chi connectivity index (χ1) is 10.7. The highest BCUT2D eigenvalue weighted by Crippen LogP contribution is 2.34. The summed E-state index contributed by atoms with van der Waals surface area (Å²) in [7, 11) is 0. The monoisotopic (exact) mass is 361 g/mol. The van der Waals surface area contributed by atoms with Gasteiger partial charge in [0.15, 0.2) is 0 Å². The first kappa shape index (κ1) is 15.3. The van der Waals surface area contributed by atoms with Gasteiger partial charge in [-0.15, -0.1) is 0 Å². The zero-order valence-electron chi connectivity index (χ0n) is 12.6. The summed E-state index contributed by atoms with van der Waals surface area (Å²) in [6.45, 7) is 1.89. The van der Waals surface area contributed by atoms with E-state index in [1.54, 1.807) is 0 Å². The van der Waals surface area contributed by atoms with Crippen molar-refractivity contribution in [2.24, 2.45) is 0 Å². The van der Waals surface area contributed by atoms with Gasteiger partial charge < -0.3 is 9.88 Å². The van der Waals surface area contributed by atoms with Crippen molar-refractivity contribution in [1.29, 1.82) is 0 Å². The van der Waals surface area contributed by atoms with Crippen LogP contribution in [0.4, 0.5) is 0 Å². The van der Waals surface area contributed by atoms with E-state index < -0.39 is 0 Å². The molecule has 1 aromatic heterocycles. The molecule has 1 fully saturated rings. The van der Waals surface area contributed by atoms with Crippen molar-refractivity contribution < 1.29 is 4.79 Å². The zero-order chi connectivity index (χ0) is 15.5. The Kier molecular flexibility index (Phi) is 4.62. The van der Waals surface area contributed by atoms with Gasteiger partial charge in [0.1, 0.15) is 0 Å². The van der Waals surface area contributed by atoms with Gasteiger partial charge in [-0.2, -0.15) is 0 Å². The summed E-state index contributed by atoms with van der Waals surface area (Å²) >= 11 is 3.47. The molecule has 1 saturated carbocycles. The van der Waals surface area contributed by atoms with Crippen LogP contribution >= 0.6 is 15.9 Å². The Balaban J connectivity index is 1.75. The molecule has 1 amide bonds. The van der Waals surface area contributed by atoms with Gasteiger partial charge in [0, 0.05) is 23.0 Å². The minimum absolute atomic E-state index is 0.143. The maximum absolute atomic E-state index is 11.5. The van der Waals surface area contributed by atoms with Gasteiger partial charge in [-0.1, -0.05) is 35.0 Å². The molecule has 1 N–H and O–H groups in total. The highest BCUT2D eigenvalue weighted by Gasteiger charge is 2.28. The summed E-state index contributed by atoms with van der Waals surface area (Å²) in [5, 5.41) is 3.11. The second-order valence-corrected chi connectivity index (χ2v) is 6.69. The molecule has 1 aliphatic rings. The summed E-state index contributed by atoms with van der Waals surface area (Å²) < 4.78 is 3.33. The largest absolute Gasteiger partial charge is 0.353 e. The second kappa shape index (κ2) is 6.65. The lowest BCUT2D eigenvalue weighted by Crippen LogP contribution is -2.32. The molecule has 3 rings (SSSR count). The summed E-state index contributed by atoms with van der Waals surface area (Å²) in [5.74, 6) is 0.143. The van der Waals surface area contributed by atoms with E-state index in [2.05, 4.69) is 42.9 Å². The molecular formula is C17H20BrN3O. The molecule has 2 aromatic rings. The maximum atomic E-state index is 11.5. The van der Waals surface area contributed by atoms with Crippen LogP contribution in [0.5, 0.6) is 0 Å². The van der Waals surface area contributed by atoms with Crippen molar-refractivity contribution in [3.8, 4) is 11.3 Å². The van der Waals surface area contributed by atoms with Crippen molar-refractivity contribution in [1.82, 2.24) is 14.9 Å². The molecule has 116 valence electrons. The van der Waals surface area contributed by atoms with Gasteiger partial charge in [-0.3, -0.25) is 4.79 Å². The lowest BCUT2D eigenvalue weighted by molar-refractivity contribution is -0.121. The molecule has 0 unspecified atom stereocenters. The van der Waals surface area contributed by atoms with Crippen molar-refractivity contribution in [3.05, 3.63) is 41.3 Å². The van der Waals surface area contributed by atoms with E-state index in [4.69, 9.17) is 0 Å². The molecule has 1 aromatic carbocycles. The third kappa shape index (κ3) is 3.24. The van der Waals surface area contributed by atoms with E-state index in [0.29, 0.717) is 12.5 Å². The standard InChI is InChI=1S/C17H20BrN3O/c1-2-17(22)20-14-7-8-15(9-14)21-11-19-10-16(21)12-3-5-13(18)6-4-12/h3-6,10-11,14-15H,2,7-9H2,1H3,(H,20,22)/t14-,15+/m0/s1. The number of hydrogen-bond donors (Lipinski definition) is 1.